The Morgan fingerprint density at radius 1 is 1.54 bits per heavy atom. The van der Waals surface area contributed by atoms with Crippen molar-refractivity contribution >= 4 is 5.97 Å². The maximum Gasteiger partial charge on any atom is 0.308 e. The van der Waals surface area contributed by atoms with Gasteiger partial charge in [0.1, 0.15) is 0 Å². The molecule has 2 heterocycles. The quantitative estimate of drug-likeness (QED) is 0.621. The predicted molar refractivity (Wildman–Crippen MR) is 48.6 cm³/mol. The van der Waals surface area contributed by atoms with Crippen molar-refractivity contribution in [1.82, 2.24) is 5.32 Å². The van der Waals surface area contributed by atoms with Crippen molar-refractivity contribution in [2.45, 2.75) is 13.8 Å². The van der Waals surface area contributed by atoms with Gasteiger partial charge in [0.15, 0.2) is 0 Å². The molecule has 1 unspecified atom stereocenters. The maximum absolute atomic E-state index is 10.7. The van der Waals surface area contributed by atoms with Crippen LogP contribution in [0.4, 0.5) is 0 Å². The minimum Gasteiger partial charge on any atom is -0.481 e. The van der Waals surface area contributed by atoms with Crippen LogP contribution in [0.5, 0.6) is 0 Å². The zero-order chi connectivity index (χ0) is 9.90. The fourth-order valence-electron chi connectivity index (χ4n) is 1.82. The molecule has 0 amide bonds. The largest absolute Gasteiger partial charge is 0.481 e. The standard InChI is InChI=1S/C7H11NO3.C2H6/c9-6(10)5-1-8-2-7(5)3-11-4-7;1-2/h5,8H,1-4H2,(H,9,10);1-2H3. The molecule has 4 heteroatoms. The van der Waals surface area contributed by atoms with Gasteiger partial charge in [0.05, 0.1) is 19.1 Å². The molecule has 2 aliphatic rings. The van der Waals surface area contributed by atoms with Crippen LogP contribution in [0.15, 0.2) is 0 Å². The first-order chi connectivity index (χ1) is 6.25. The van der Waals surface area contributed by atoms with Crippen LogP contribution in [0.3, 0.4) is 0 Å². The van der Waals surface area contributed by atoms with Gasteiger partial charge in [-0.25, -0.2) is 0 Å². The highest BCUT2D eigenvalue weighted by molar-refractivity contribution is 5.72. The lowest BCUT2D eigenvalue weighted by Gasteiger charge is -2.40. The average molecular weight is 187 g/mol. The summed E-state index contributed by atoms with van der Waals surface area (Å²) in [6.07, 6.45) is 0. The van der Waals surface area contributed by atoms with Gasteiger partial charge in [-0.1, -0.05) is 13.8 Å². The van der Waals surface area contributed by atoms with E-state index >= 15 is 0 Å². The van der Waals surface area contributed by atoms with E-state index in [0.717, 1.165) is 6.54 Å². The van der Waals surface area contributed by atoms with E-state index in [1.54, 1.807) is 0 Å². The summed E-state index contributed by atoms with van der Waals surface area (Å²) in [5.41, 5.74) is -0.0775. The van der Waals surface area contributed by atoms with E-state index in [2.05, 4.69) is 5.32 Å². The highest BCUT2D eigenvalue weighted by Crippen LogP contribution is 2.38. The van der Waals surface area contributed by atoms with Gasteiger partial charge in [-0.2, -0.15) is 0 Å². The second-order valence-electron chi connectivity index (χ2n) is 3.38. The first kappa shape index (κ1) is 10.5. The molecule has 1 atom stereocenters. The Hall–Kier alpha value is -0.610. The molecule has 1 spiro atoms. The SMILES string of the molecule is CC.O=C(O)C1CNCC12COC2. The summed E-state index contributed by atoms with van der Waals surface area (Å²) < 4.78 is 5.04. The predicted octanol–water partition coefficient (Wildman–Crippen LogP) is 0.333. The third kappa shape index (κ3) is 1.69. The number of ether oxygens (including phenoxy) is 1. The summed E-state index contributed by atoms with van der Waals surface area (Å²) in [4.78, 5) is 10.7. The molecule has 0 aliphatic carbocycles. The molecule has 0 bridgehead atoms. The third-order valence-electron chi connectivity index (χ3n) is 2.64. The number of carboxylic acid groups (broad SMARTS) is 1. The summed E-state index contributed by atoms with van der Waals surface area (Å²) in [5.74, 6) is -0.936. The van der Waals surface area contributed by atoms with Crippen molar-refractivity contribution in [1.29, 1.82) is 0 Å². The number of rotatable bonds is 1. The van der Waals surface area contributed by atoms with Crippen LogP contribution >= 0.6 is 0 Å². The molecule has 4 nitrogen and oxygen atoms in total. The monoisotopic (exact) mass is 187 g/mol. The zero-order valence-corrected chi connectivity index (χ0v) is 8.17. The van der Waals surface area contributed by atoms with Crippen molar-refractivity contribution in [2.75, 3.05) is 26.3 Å². The number of nitrogens with one attached hydrogen (secondary N) is 1. The van der Waals surface area contributed by atoms with Crippen molar-refractivity contribution in [3.63, 3.8) is 0 Å². The molecule has 2 N–H and O–H groups in total. The summed E-state index contributed by atoms with van der Waals surface area (Å²) >= 11 is 0. The second-order valence-corrected chi connectivity index (χ2v) is 3.38. The van der Waals surface area contributed by atoms with Crippen molar-refractivity contribution < 1.29 is 14.6 Å². The van der Waals surface area contributed by atoms with Crippen LogP contribution in [-0.2, 0) is 9.53 Å². The molecule has 0 aromatic heterocycles. The van der Waals surface area contributed by atoms with E-state index in [-0.39, 0.29) is 11.3 Å². The minimum absolute atomic E-state index is 0.0775. The topological polar surface area (TPSA) is 58.6 Å². The number of carboxylic acids is 1. The fourth-order valence-corrected chi connectivity index (χ4v) is 1.82. The second kappa shape index (κ2) is 4.07. The van der Waals surface area contributed by atoms with E-state index in [0.29, 0.717) is 19.8 Å². The Balaban J connectivity index is 0.000000396. The van der Waals surface area contributed by atoms with Gasteiger partial charge < -0.3 is 15.2 Å². The summed E-state index contributed by atoms with van der Waals surface area (Å²) in [5, 5.41) is 11.9. The van der Waals surface area contributed by atoms with Crippen LogP contribution in [0.1, 0.15) is 13.8 Å². The summed E-state index contributed by atoms with van der Waals surface area (Å²) in [6, 6.07) is 0. The van der Waals surface area contributed by atoms with Gasteiger partial charge in [-0.15, -0.1) is 0 Å². The van der Waals surface area contributed by atoms with Crippen molar-refractivity contribution in [2.24, 2.45) is 11.3 Å². The molecular formula is C9H17NO3. The van der Waals surface area contributed by atoms with E-state index < -0.39 is 5.97 Å². The lowest BCUT2D eigenvalue weighted by Crippen LogP contribution is -2.50. The fraction of sp³-hybridized carbons (Fsp3) is 0.889. The third-order valence-corrected chi connectivity index (χ3v) is 2.64. The Kier molecular flexibility index (Phi) is 3.27. The van der Waals surface area contributed by atoms with Gasteiger partial charge in [0.2, 0.25) is 0 Å². The Bertz CT molecular complexity index is 189. The van der Waals surface area contributed by atoms with Gasteiger partial charge in [0.25, 0.3) is 0 Å². The van der Waals surface area contributed by atoms with Crippen molar-refractivity contribution in [3.05, 3.63) is 0 Å². The van der Waals surface area contributed by atoms with E-state index in [1.165, 1.54) is 0 Å². The summed E-state index contributed by atoms with van der Waals surface area (Å²) in [6.45, 7) is 6.61. The molecule has 0 aromatic rings. The molecular weight excluding hydrogens is 170 g/mol. The molecule has 2 aliphatic heterocycles. The highest BCUT2D eigenvalue weighted by atomic mass is 16.5. The average Bonchev–Trinajstić information content (AvgIpc) is 2.50. The number of hydrogen-bond acceptors (Lipinski definition) is 3. The Labute approximate surface area is 78.3 Å². The van der Waals surface area contributed by atoms with Gasteiger partial charge in [0, 0.05) is 18.5 Å². The lowest BCUT2D eigenvalue weighted by atomic mass is 9.76. The normalized spacial score (nSPS) is 28.9. The molecule has 76 valence electrons. The first-order valence-corrected chi connectivity index (χ1v) is 4.76. The summed E-state index contributed by atoms with van der Waals surface area (Å²) in [7, 11) is 0. The van der Waals surface area contributed by atoms with Gasteiger partial charge >= 0.3 is 5.97 Å². The molecule has 2 saturated heterocycles. The van der Waals surface area contributed by atoms with Gasteiger partial charge in [-0.05, 0) is 0 Å². The molecule has 13 heavy (non-hydrogen) atoms. The molecule has 0 radical (unpaired) electrons. The lowest BCUT2D eigenvalue weighted by molar-refractivity contribution is -0.164. The molecule has 2 rings (SSSR count). The number of hydrogen-bond donors (Lipinski definition) is 2. The Morgan fingerprint density at radius 2 is 2.15 bits per heavy atom. The maximum atomic E-state index is 10.7. The van der Waals surface area contributed by atoms with Gasteiger partial charge in [-0.3, -0.25) is 4.79 Å². The van der Waals surface area contributed by atoms with Crippen LogP contribution < -0.4 is 5.32 Å². The molecule has 2 fully saturated rings. The zero-order valence-electron chi connectivity index (χ0n) is 8.17. The van der Waals surface area contributed by atoms with Crippen LogP contribution in [0, 0.1) is 11.3 Å². The van der Waals surface area contributed by atoms with Crippen LogP contribution in [0.2, 0.25) is 0 Å². The van der Waals surface area contributed by atoms with Crippen molar-refractivity contribution in [3.8, 4) is 0 Å². The highest BCUT2D eigenvalue weighted by Gasteiger charge is 2.52. The Morgan fingerprint density at radius 3 is 2.46 bits per heavy atom. The number of carbonyl (C=O) groups is 1. The molecule has 0 aromatic carbocycles. The molecule has 0 saturated carbocycles. The number of aliphatic carboxylic acids is 1. The van der Waals surface area contributed by atoms with Crippen LogP contribution in [0.25, 0.3) is 0 Å². The van der Waals surface area contributed by atoms with E-state index in [9.17, 15) is 4.79 Å². The smallest absolute Gasteiger partial charge is 0.308 e. The van der Waals surface area contributed by atoms with E-state index in [1.807, 2.05) is 13.8 Å². The van der Waals surface area contributed by atoms with E-state index in [4.69, 9.17) is 9.84 Å². The van der Waals surface area contributed by atoms with Crippen LogP contribution in [-0.4, -0.2) is 37.4 Å². The minimum atomic E-state index is -0.696. The first-order valence-electron chi connectivity index (χ1n) is 4.76.